The SMILES string of the molecule is Cc1c(CCOC=O)noc1-c1cccc(Cl)c1. The molecule has 1 heterocycles. The first-order chi connectivity index (χ1) is 8.72. The van der Waals surface area contributed by atoms with Crippen molar-refractivity contribution in [2.24, 2.45) is 0 Å². The highest BCUT2D eigenvalue weighted by Gasteiger charge is 2.13. The Morgan fingerprint density at radius 2 is 2.33 bits per heavy atom. The Bertz CT molecular complexity index is 551. The number of carbonyl (C=O) groups is 1. The fourth-order valence-corrected chi connectivity index (χ4v) is 1.89. The summed E-state index contributed by atoms with van der Waals surface area (Å²) in [5, 5.41) is 4.63. The van der Waals surface area contributed by atoms with Gasteiger partial charge in [-0.2, -0.15) is 0 Å². The number of hydrogen-bond acceptors (Lipinski definition) is 4. The molecule has 0 aliphatic carbocycles. The molecular formula is C13H12ClNO3. The van der Waals surface area contributed by atoms with Crippen LogP contribution in [-0.2, 0) is 16.0 Å². The van der Waals surface area contributed by atoms with Gasteiger partial charge in [0.2, 0.25) is 0 Å². The molecule has 0 bridgehead atoms. The molecule has 0 unspecified atom stereocenters. The fraction of sp³-hybridized carbons (Fsp3) is 0.231. The van der Waals surface area contributed by atoms with E-state index in [1.807, 2.05) is 25.1 Å². The molecule has 0 N–H and O–H groups in total. The van der Waals surface area contributed by atoms with Crippen LogP contribution in [0, 0.1) is 6.92 Å². The third-order valence-electron chi connectivity index (χ3n) is 2.63. The number of benzene rings is 1. The van der Waals surface area contributed by atoms with Crippen molar-refractivity contribution in [1.29, 1.82) is 0 Å². The Hall–Kier alpha value is -1.81. The topological polar surface area (TPSA) is 52.3 Å². The predicted octanol–water partition coefficient (Wildman–Crippen LogP) is 3.02. The Kier molecular flexibility index (Phi) is 3.99. The van der Waals surface area contributed by atoms with E-state index in [0.29, 0.717) is 30.3 Å². The lowest BCUT2D eigenvalue weighted by atomic mass is 10.1. The molecule has 0 radical (unpaired) electrons. The van der Waals surface area contributed by atoms with Crippen LogP contribution < -0.4 is 0 Å². The maximum atomic E-state index is 10.1. The number of rotatable bonds is 5. The average Bonchev–Trinajstić information content (AvgIpc) is 2.72. The van der Waals surface area contributed by atoms with Gasteiger partial charge in [0, 0.05) is 22.6 Å². The molecule has 0 fully saturated rings. The quantitative estimate of drug-likeness (QED) is 0.616. The van der Waals surface area contributed by atoms with Crippen molar-refractivity contribution in [2.45, 2.75) is 13.3 Å². The summed E-state index contributed by atoms with van der Waals surface area (Å²) < 4.78 is 9.96. The van der Waals surface area contributed by atoms with Gasteiger partial charge in [0.15, 0.2) is 5.76 Å². The van der Waals surface area contributed by atoms with Crippen molar-refractivity contribution in [1.82, 2.24) is 5.16 Å². The molecule has 2 rings (SSSR count). The average molecular weight is 266 g/mol. The van der Waals surface area contributed by atoms with E-state index >= 15 is 0 Å². The lowest BCUT2D eigenvalue weighted by Crippen LogP contribution is -1.98. The van der Waals surface area contributed by atoms with Gasteiger partial charge in [0.05, 0.1) is 12.3 Å². The third-order valence-corrected chi connectivity index (χ3v) is 2.87. The van der Waals surface area contributed by atoms with E-state index in [1.165, 1.54) is 0 Å². The summed E-state index contributed by atoms with van der Waals surface area (Å²) in [6, 6.07) is 7.39. The Labute approximate surface area is 109 Å². The summed E-state index contributed by atoms with van der Waals surface area (Å²) in [4.78, 5) is 10.1. The molecule has 94 valence electrons. The van der Waals surface area contributed by atoms with E-state index in [9.17, 15) is 4.79 Å². The minimum atomic E-state index is 0.297. The van der Waals surface area contributed by atoms with Crippen molar-refractivity contribution in [3.8, 4) is 11.3 Å². The van der Waals surface area contributed by atoms with Gasteiger partial charge in [-0.1, -0.05) is 28.9 Å². The molecule has 1 aromatic heterocycles. The number of halogens is 1. The Morgan fingerprint density at radius 3 is 3.06 bits per heavy atom. The number of aromatic nitrogens is 1. The van der Waals surface area contributed by atoms with E-state index < -0.39 is 0 Å². The number of hydrogen-bond donors (Lipinski definition) is 0. The smallest absolute Gasteiger partial charge is 0.293 e. The van der Waals surface area contributed by atoms with E-state index in [1.54, 1.807) is 6.07 Å². The summed E-state index contributed by atoms with van der Waals surface area (Å²) >= 11 is 5.94. The van der Waals surface area contributed by atoms with E-state index in [4.69, 9.17) is 16.1 Å². The van der Waals surface area contributed by atoms with Crippen LogP contribution in [0.3, 0.4) is 0 Å². The zero-order chi connectivity index (χ0) is 13.0. The minimum absolute atomic E-state index is 0.297. The van der Waals surface area contributed by atoms with Crippen LogP contribution in [0.2, 0.25) is 5.02 Å². The lowest BCUT2D eigenvalue weighted by Gasteiger charge is -1.99. The van der Waals surface area contributed by atoms with Crippen LogP contribution >= 0.6 is 11.6 Å². The molecule has 0 atom stereocenters. The first kappa shape index (κ1) is 12.6. The van der Waals surface area contributed by atoms with Gasteiger partial charge in [0.1, 0.15) is 0 Å². The molecule has 0 spiro atoms. The number of nitrogens with zero attached hydrogens (tertiary/aromatic N) is 1. The molecule has 18 heavy (non-hydrogen) atoms. The zero-order valence-corrected chi connectivity index (χ0v) is 10.6. The maximum Gasteiger partial charge on any atom is 0.293 e. The summed E-state index contributed by atoms with van der Waals surface area (Å²) in [7, 11) is 0. The normalized spacial score (nSPS) is 10.3. The monoisotopic (exact) mass is 265 g/mol. The fourth-order valence-electron chi connectivity index (χ4n) is 1.70. The zero-order valence-electron chi connectivity index (χ0n) is 9.85. The molecule has 5 heteroatoms. The number of carbonyl (C=O) groups excluding carboxylic acids is 1. The Morgan fingerprint density at radius 1 is 1.50 bits per heavy atom. The highest BCUT2D eigenvalue weighted by Crippen LogP contribution is 2.27. The standard InChI is InChI=1S/C13H12ClNO3/c1-9-12(5-6-17-8-16)15-18-13(9)10-3-2-4-11(14)7-10/h2-4,7-8H,5-6H2,1H3. The first-order valence-corrected chi connectivity index (χ1v) is 5.86. The van der Waals surface area contributed by atoms with Crippen molar-refractivity contribution < 1.29 is 14.1 Å². The van der Waals surface area contributed by atoms with Crippen LogP contribution in [-0.4, -0.2) is 18.2 Å². The molecule has 4 nitrogen and oxygen atoms in total. The van der Waals surface area contributed by atoms with Gasteiger partial charge in [-0.15, -0.1) is 0 Å². The molecule has 1 aromatic carbocycles. The van der Waals surface area contributed by atoms with Crippen molar-refractivity contribution >= 4 is 18.1 Å². The van der Waals surface area contributed by atoms with Gasteiger partial charge in [-0.25, -0.2) is 0 Å². The molecule has 0 aliphatic heterocycles. The summed E-state index contributed by atoms with van der Waals surface area (Å²) in [6.45, 7) is 2.64. The largest absolute Gasteiger partial charge is 0.467 e. The van der Waals surface area contributed by atoms with Crippen molar-refractivity contribution in [3.05, 3.63) is 40.5 Å². The van der Waals surface area contributed by atoms with Gasteiger partial charge in [-0.05, 0) is 19.1 Å². The lowest BCUT2D eigenvalue weighted by molar-refractivity contribution is -0.128. The summed E-state index contributed by atoms with van der Waals surface area (Å²) in [6.07, 6.45) is 0.536. The van der Waals surface area contributed by atoms with Crippen molar-refractivity contribution in [3.63, 3.8) is 0 Å². The van der Waals surface area contributed by atoms with Gasteiger partial charge < -0.3 is 9.26 Å². The first-order valence-electron chi connectivity index (χ1n) is 5.48. The second-order valence-electron chi connectivity index (χ2n) is 3.81. The van der Waals surface area contributed by atoms with Crippen LogP contribution in [0.25, 0.3) is 11.3 Å². The predicted molar refractivity (Wildman–Crippen MR) is 67.4 cm³/mol. The summed E-state index contributed by atoms with van der Waals surface area (Å²) in [5.74, 6) is 0.693. The highest BCUT2D eigenvalue weighted by molar-refractivity contribution is 6.30. The van der Waals surface area contributed by atoms with Crippen LogP contribution in [0.15, 0.2) is 28.8 Å². The summed E-state index contributed by atoms with van der Waals surface area (Å²) in [5.41, 5.74) is 2.61. The molecule has 2 aromatic rings. The maximum absolute atomic E-state index is 10.1. The van der Waals surface area contributed by atoms with Gasteiger partial charge in [0.25, 0.3) is 6.47 Å². The molecule has 0 aliphatic rings. The van der Waals surface area contributed by atoms with Crippen molar-refractivity contribution in [2.75, 3.05) is 6.61 Å². The minimum Gasteiger partial charge on any atom is -0.467 e. The van der Waals surface area contributed by atoms with E-state index in [2.05, 4.69) is 9.89 Å². The number of ether oxygens (including phenoxy) is 1. The second kappa shape index (κ2) is 5.69. The second-order valence-corrected chi connectivity index (χ2v) is 4.25. The molecule has 0 amide bonds. The van der Waals surface area contributed by atoms with Crippen LogP contribution in [0.5, 0.6) is 0 Å². The Balaban J connectivity index is 2.22. The molecular weight excluding hydrogens is 254 g/mol. The van der Waals surface area contributed by atoms with E-state index in [-0.39, 0.29) is 0 Å². The molecule has 0 saturated heterocycles. The van der Waals surface area contributed by atoms with Gasteiger partial charge >= 0.3 is 0 Å². The van der Waals surface area contributed by atoms with Crippen LogP contribution in [0.4, 0.5) is 0 Å². The molecule has 0 saturated carbocycles. The van der Waals surface area contributed by atoms with Gasteiger partial charge in [-0.3, -0.25) is 4.79 Å². The van der Waals surface area contributed by atoms with E-state index in [0.717, 1.165) is 16.8 Å². The van der Waals surface area contributed by atoms with Crippen LogP contribution in [0.1, 0.15) is 11.3 Å². The third kappa shape index (κ3) is 2.71. The highest BCUT2D eigenvalue weighted by atomic mass is 35.5.